The molecule has 0 saturated carbocycles. The summed E-state index contributed by atoms with van der Waals surface area (Å²) in [5.74, 6) is -3.70. The van der Waals surface area contributed by atoms with E-state index in [0.29, 0.717) is 25.7 Å². The van der Waals surface area contributed by atoms with Crippen LogP contribution in [-0.2, 0) is 14.4 Å². The molecule has 0 amide bonds. The van der Waals surface area contributed by atoms with Crippen molar-refractivity contribution in [2.45, 2.75) is 206 Å². The number of carbonyl (C=O) groups is 3. The Kier molecular flexibility index (Phi) is 26.2. The maximum atomic E-state index is 12.6. The molecule has 0 spiro atoms. The molecule has 0 aliphatic heterocycles. The van der Waals surface area contributed by atoms with Crippen molar-refractivity contribution in [2.24, 2.45) is 0 Å². The Morgan fingerprint density at radius 1 is 0.523 bits per heavy atom. The first kappa shape index (κ1) is 42.1. The maximum Gasteiger partial charge on any atom is 0.363 e. The number of carboxylic acids is 3. The molecule has 0 radical (unpaired) electrons. The fourth-order valence-electron chi connectivity index (χ4n) is 6.81. The van der Waals surface area contributed by atoms with Gasteiger partial charge in [0.05, 0.1) is 12.2 Å². The largest absolute Gasteiger partial charge is 0.544 e. The lowest BCUT2D eigenvalue weighted by Crippen LogP contribution is -2.71. The van der Waals surface area contributed by atoms with Gasteiger partial charge in [-0.05, 0) is 31.8 Å². The van der Waals surface area contributed by atoms with Crippen LogP contribution in [0.2, 0.25) is 0 Å². The van der Waals surface area contributed by atoms with Crippen LogP contribution in [0.25, 0.3) is 0 Å². The minimum atomic E-state index is -1.38. The zero-order chi connectivity index (χ0) is 33.1. The first-order valence-corrected chi connectivity index (χ1v) is 18.5. The predicted molar refractivity (Wildman–Crippen MR) is 179 cm³/mol. The number of carboxylic acid groups (broad SMARTS) is 3. The van der Waals surface area contributed by atoms with E-state index in [9.17, 15) is 29.7 Å². The fourth-order valence-corrected chi connectivity index (χ4v) is 6.81. The molecule has 0 fully saturated rings. The Morgan fingerprint density at radius 2 is 0.841 bits per heavy atom. The van der Waals surface area contributed by atoms with E-state index in [4.69, 9.17) is 0 Å². The summed E-state index contributed by atoms with van der Waals surface area (Å²) in [5, 5.41) is 33.0. The van der Waals surface area contributed by atoms with E-state index in [-0.39, 0.29) is 19.3 Å². The molecular formula is C37H69NO6. The zero-order valence-corrected chi connectivity index (χ0v) is 29.0. The van der Waals surface area contributed by atoms with Crippen molar-refractivity contribution in [3.05, 3.63) is 12.3 Å². The topological polar surface area (TPSA) is 115 Å². The number of quaternary nitrogens is 1. The lowest BCUT2D eigenvalue weighted by atomic mass is 9.93. The highest BCUT2D eigenvalue weighted by Gasteiger charge is 2.54. The minimum absolute atomic E-state index is 0.160. The first-order chi connectivity index (χ1) is 21.2. The van der Waals surface area contributed by atoms with E-state index in [1.54, 1.807) is 6.20 Å². The molecule has 0 aromatic carbocycles. The highest BCUT2D eigenvalue weighted by Crippen LogP contribution is 2.34. The summed E-state index contributed by atoms with van der Waals surface area (Å²) in [6.07, 6.45) is 29.6. The number of allylic oxidation sites excluding steroid dienone is 1. The van der Waals surface area contributed by atoms with Gasteiger partial charge in [-0.1, -0.05) is 143 Å². The Balaban J connectivity index is 4.82. The van der Waals surface area contributed by atoms with Gasteiger partial charge in [0.2, 0.25) is 0 Å². The molecule has 258 valence electrons. The molecule has 0 aliphatic rings. The van der Waals surface area contributed by atoms with Gasteiger partial charge in [-0.25, -0.2) is 9.59 Å². The molecule has 7 heteroatoms. The number of carbonyl (C=O) groups excluding carboxylic acids is 1. The molecule has 0 rings (SSSR count). The lowest BCUT2D eigenvalue weighted by Gasteiger charge is -2.49. The van der Waals surface area contributed by atoms with Crippen molar-refractivity contribution in [1.82, 2.24) is 0 Å². The SMILES string of the molecule is CCCCCCCCCCCCCCCCCCCC/C=C/[N+](C(CCC)C(=O)[O-])(C(CCC)C(=O)O)C(CCC)C(=O)O. The van der Waals surface area contributed by atoms with Gasteiger partial charge in [0.25, 0.3) is 0 Å². The van der Waals surface area contributed by atoms with Crippen LogP contribution in [0.1, 0.15) is 188 Å². The van der Waals surface area contributed by atoms with Crippen LogP contribution in [0.4, 0.5) is 0 Å². The number of unbranched alkanes of at least 4 members (excludes halogenated alkanes) is 18. The molecule has 0 aliphatic carbocycles. The number of hydrogen-bond donors (Lipinski definition) is 2. The highest BCUT2D eigenvalue weighted by molar-refractivity contribution is 5.77. The van der Waals surface area contributed by atoms with Crippen molar-refractivity contribution >= 4 is 17.9 Å². The first-order valence-electron chi connectivity index (χ1n) is 18.5. The minimum Gasteiger partial charge on any atom is -0.544 e. The maximum absolute atomic E-state index is 12.6. The van der Waals surface area contributed by atoms with Crippen LogP contribution in [0.3, 0.4) is 0 Å². The summed E-state index contributed by atoms with van der Waals surface area (Å²) in [6, 6.07) is -3.57. The molecule has 2 N–H and O–H groups in total. The van der Waals surface area contributed by atoms with Crippen LogP contribution in [-0.4, -0.2) is 50.7 Å². The van der Waals surface area contributed by atoms with Crippen LogP contribution in [0, 0.1) is 0 Å². The monoisotopic (exact) mass is 624 g/mol. The second-order valence-electron chi connectivity index (χ2n) is 13.0. The number of aliphatic carboxylic acids is 3. The Bertz CT molecular complexity index is 707. The Labute approximate surface area is 270 Å². The van der Waals surface area contributed by atoms with Gasteiger partial charge in [0.1, 0.15) is 6.04 Å². The molecule has 0 saturated heterocycles. The number of rotatable bonds is 32. The van der Waals surface area contributed by atoms with Crippen LogP contribution in [0.5, 0.6) is 0 Å². The fraction of sp³-hybridized carbons (Fsp3) is 0.865. The lowest BCUT2D eigenvalue weighted by molar-refractivity contribution is -0.930. The standard InChI is InChI=1S/C37H69NO6/c1-5-9-10-11-12-13-14-15-16-17-18-19-20-21-22-23-24-25-26-27-31-38(32(28-6-2)35(39)40,33(29-7-3)36(41)42)34(30-8-4)37(43)44/h27,31-34H,5-26,28-30H2,1-4H3,(H2-,39,40,41,42,43,44)/b31-27+. The summed E-state index contributed by atoms with van der Waals surface area (Å²) >= 11 is 0. The summed E-state index contributed by atoms with van der Waals surface area (Å²) in [7, 11) is 0. The van der Waals surface area contributed by atoms with Crippen LogP contribution >= 0.6 is 0 Å². The van der Waals surface area contributed by atoms with Crippen LogP contribution < -0.4 is 5.11 Å². The second-order valence-corrected chi connectivity index (χ2v) is 13.0. The van der Waals surface area contributed by atoms with E-state index in [0.717, 1.165) is 19.3 Å². The van der Waals surface area contributed by atoms with Gasteiger partial charge < -0.3 is 20.1 Å². The summed E-state index contributed by atoms with van der Waals surface area (Å²) < 4.78 is -0.610. The molecular weight excluding hydrogens is 554 g/mol. The number of nitrogens with zero attached hydrogens (tertiary/aromatic N) is 1. The third-order valence-electron chi connectivity index (χ3n) is 9.24. The predicted octanol–water partition coefficient (Wildman–Crippen LogP) is 9.17. The molecule has 44 heavy (non-hydrogen) atoms. The van der Waals surface area contributed by atoms with E-state index < -0.39 is 40.5 Å². The van der Waals surface area contributed by atoms with Crippen molar-refractivity contribution in [3.63, 3.8) is 0 Å². The molecule has 3 unspecified atom stereocenters. The van der Waals surface area contributed by atoms with Gasteiger partial charge >= 0.3 is 11.9 Å². The average molecular weight is 624 g/mol. The molecule has 0 bridgehead atoms. The zero-order valence-electron chi connectivity index (χ0n) is 29.0. The summed E-state index contributed by atoms with van der Waals surface area (Å²) in [5.41, 5.74) is 0. The number of hydrogen-bond acceptors (Lipinski definition) is 4. The Hall–Kier alpha value is -1.89. The van der Waals surface area contributed by atoms with Crippen molar-refractivity contribution in [1.29, 1.82) is 0 Å². The van der Waals surface area contributed by atoms with Crippen molar-refractivity contribution in [3.8, 4) is 0 Å². The van der Waals surface area contributed by atoms with Gasteiger partial charge in [0, 0.05) is 19.3 Å². The quantitative estimate of drug-likeness (QED) is 0.0570. The average Bonchev–Trinajstić information content (AvgIpc) is 2.98. The van der Waals surface area contributed by atoms with Gasteiger partial charge in [-0.3, -0.25) is 4.48 Å². The van der Waals surface area contributed by atoms with Crippen molar-refractivity contribution < 1.29 is 34.2 Å². The third-order valence-corrected chi connectivity index (χ3v) is 9.24. The van der Waals surface area contributed by atoms with E-state index >= 15 is 0 Å². The molecule has 7 nitrogen and oxygen atoms in total. The highest BCUT2D eigenvalue weighted by atomic mass is 16.4. The van der Waals surface area contributed by atoms with Gasteiger partial charge in [-0.15, -0.1) is 0 Å². The van der Waals surface area contributed by atoms with Crippen LogP contribution in [0.15, 0.2) is 12.3 Å². The van der Waals surface area contributed by atoms with E-state index in [1.165, 1.54) is 96.3 Å². The summed E-state index contributed by atoms with van der Waals surface area (Å²) in [4.78, 5) is 37.6. The van der Waals surface area contributed by atoms with E-state index in [1.807, 2.05) is 26.8 Å². The third kappa shape index (κ3) is 17.0. The molecule has 0 aromatic rings. The molecule has 3 atom stereocenters. The molecule has 0 heterocycles. The molecule has 0 aromatic heterocycles. The van der Waals surface area contributed by atoms with Crippen molar-refractivity contribution in [2.75, 3.05) is 0 Å². The van der Waals surface area contributed by atoms with E-state index in [2.05, 4.69) is 6.92 Å². The van der Waals surface area contributed by atoms with Gasteiger partial charge in [-0.2, -0.15) is 0 Å². The normalized spacial score (nSPS) is 15.2. The van der Waals surface area contributed by atoms with Gasteiger partial charge in [0.15, 0.2) is 12.1 Å². The smallest absolute Gasteiger partial charge is 0.363 e. The summed E-state index contributed by atoms with van der Waals surface area (Å²) in [6.45, 7) is 7.78. The second kappa shape index (κ2) is 27.4. The Morgan fingerprint density at radius 3 is 1.14 bits per heavy atom.